The molecule has 1 aromatic carbocycles. The van der Waals surface area contributed by atoms with Crippen molar-refractivity contribution in [3.63, 3.8) is 0 Å². The monoisotopic (exact) mass is 583 g/mol. The zero-order valence-corrected chi connectivity index (χ0v) is 25.8. The van der Waals surface area contributed by atoms with Crippen molar-refractivity contribution >= 4 is 24.4 Å². The van der Waals surface area contributed by atoms with Gasteiger partial charge in [-0.2, -0.15) is 0 Å². The van der Waals surface area contributed by atoms with Gasteiger partial charge in [-0.25, -0.2) is 14.4 Å². The Labute approximate surface area is 242 Å². The maximum Gasteiger partial charge on any atom is 0.513 e. The van der Waals surface area contributed by atoms with Crippen molar-refractivity contribution in [1.29, 1.82) is 0 Å². The van der Waals surface area contributed by atoms with Gasteiger partial charge in [0.2, 0.25) is 0 Å². The molecular formula is C29H45NO11. The number of ether oxygens (including phenoxy) is 7. The molecule has 0 amide bonds. The molecular weight excluding hydrogens is 538 g/mol. The topological polar surface area (TPSA) is 159 Å². The Morgan fingerprint density at radius 2 is 1.27 bits per heavy atom. The third-order valence-electron chi connectivity index (χ3n) is 4.54. The van der Waals surface area contributed by atoms with Gasteiger partial charge in [0.15, 0.2) is 11.5 Å². The highest BCUT2D eigenvalue weighted by molar-refractivity contribution is 5.76. The average Bonchev–Trinajstić information content (AvgIpc) is 2.79. The van der Waals surface area contributed by atoms with Crippen LogP contribution < -0.4 is 15.2 Å². The first kappa shape index (κ1) is 35.5. The maximum atomic E-state index is 12.5. The minimum absolute atomic E-state index is 0.0133. The number of hydrogen-bond donors (Lipinski definition) is 1. The zero-order chi connectivity index (χ0) is 31.6. The summed E-state index contributed by atoms with van der Waals surface area (Å²) in [5.74, 6) is -0.971. The van der Waals surface area contributed by atoms with Crippen molar-refractivity contribution in [1.82, 2.24) is 0 Å². The predicted molar refractivity (Wildman–Crippen MR) is 149 cm³/mol. The Hall–Kier alpha value is -3.54. The minimum atomic E-state index is -1.11. The van der Waals surface area contributed by atoms with E-state index in [1.54, 1.807) is 26.8 Å². The second-order valence-electron chi connectivity index (χ2n) is 13.0. The number of carbonyl (C=O) groups excluding carboxylic acids is 4. The van der Waals surface area contributed by atoms with E-state index < -0.39 is 42.2 Å². The Kier molecular flexibility index (Phi) is 12.9. The number of carbonyl (C=O) groups is 4. The lowest BCUT2D eigenvalue weighted by Crippen LogP contribution is -2.37. The molecule has 0 saturated heterocycles. The van der Waals surface area contributed by atoms with E-state index >= 15 is 0 Å². The Balaban J connectivity index is 2.91. The van der Waals surface area contributed by atoms with Crippen LogP contribution in [0.1, 0.15) is 74.8 Å². The largest absolute Gasteiger partial charge is 0.513 e. The Morgan fingerprint density at radius 1 is 0.756 bits per heavy atom. The number of nitrogens with two attached hydrogens (primary N) is 1. The van der Waals surface area contributed by atoms with Gasteiger partial charge in [-0.3, -0.25) is 4.79 Å². The fourth-order valence-corrected chi connectivity index (χ4v) is 2.75. The van der Waals surface area contributed by atoms with Crippen LogP contribution in [0.25, 0.3) is 0 Å². The molecule has 0 aliphatic carbocycles. The fourth-order valence-electron chi connectivity index (χ4n) is 2.75. The second-order valence-corrected chi connectivity index (χ2v) is 13.0. The molecule has 0 saturated carbocycles. The summed E-state index contributed by atoms with van der Waals surface area (Å²) in [6.45, 7) is 17.9. The van der Waals surface area contributed by atoms with Crippen LogP contribution in [-0.4, -0.2) is 62.0 Å². The molecule has 0 spiro atoms. The van der Waals surface area contributed by atoms with Crippen molar-refractivity contribution in [3.05, 3.63) is 23.8 Å². The van der Waals surface area contributed by atoms with E-state index in [2.05, 4.69) is 0 Å². The standard InChI is InChI=1S/C29H45NO11/c1-18(15-35-26(34)41-29(8,9)10)38-23(31)20(30)13-19-11-12-21(39-24(32)36-16-27(2,3)4)22(14-19)40-25(33)37-17-28(5,6)7/h11-12,14,18,20H,13,15-17,30H2,1-10H3/t18-,20-/m0/s1. The van der Waals surface area contributed by atoms with Crippen LogP contribution in [-0.2, 0) is 34.9 Å². The lowest BCUT2D eigenvalue weighted by molar-refractivity contribution is -0.152. The summed E-state index contributed by atoms with van der Waals surface area (Å²) in [5, 5.41) is 0. The third kappa shape index (κ3) is 16.3. The SMILES string of the molecule is C[C@@H](COC(=O)OC(C)(C)C)OC(=O)[C@@H](N)Cc1ccc(OC(=O)OCC(C)(C)C)c(OC(=O)OCC(C)(C)C)c1. The van der Waals surface area contributed by atoms with E-state index in [0.29, 0.717) is 5.56 Å². The molecule has 0 radical (unpaired) electrons. The first-order valence-corrected chi connectivity index (χ1v) is 13.3. The van der Waals surface area contributed by atoms with Crippen LogP contribution in [0, 0.1) is 10.8 Å². The van der Waals surface area contributed by atoms with Gasteiger partial charge in [0, 0.05) is 0 Å². The number of esters is 1. The predicted octanol–water partition coefficient (Wildman–Crippen LogP) is 5.56. The highest BCUT2D eigenvalue weighted by Crippen LogP contribution is 2.30. The molecule has 0 unspecified atom stereocenters. The normalized spacial score (nSPS) is 13.3. The van der Waals surface area contributed by atoms with Crippen LogP contribution in [0.3, 0.4) is 0 Å². The molecule has 0 fully saturated rings. The lowest BCUT2D eigenvalue weighted by atomic mass is 9.99. The van der Waals surface area contributed by atoms with Gasteiger partial charge in [0.1, 0.15) is 24.4 Å². The van der Waals surface area contributed by atoms with Gasteiger partial charge in [0.25, 0.3) is 0 Å². The van der Waals surface area contributed by atoms with Gasteiger partial charge < -0.3 is 38.9 Å². The van der Waals surface area contributed by atoms with Crippen LogP contribution in [0.4, 0.5) is 14.4 Å². The average molecular weight is 584 g/mol. The van der Waals surface area contributed by atoms with Crippen molar-refractivity contribution in [2.45, 2.75) is 93.4 Å². The van der Waals surface area contributed by atoms with Crippen LogP contribution in [0.5, 0.6) is 11.5 Å². The fraction of sp³-hybridized carbons (Fsp3) is 0.655. The Bertz CT molecular complexity index is 1050. The first-order chi connectivity index (χ1) is 18.6. The number of hydrogen-bond acceptors (Lipinski definition) is 12. The Morgan fingerprint density at radius 3 is 1.76 bits per heavy atom. The summed E-state index contributed by atoms with van der Waals surface area (Å²) < 4.78 is 36.1. The smallest absolute Gasteiger partial charge is 0.458 e. The summed E-state index contributed by atoms with van der Waals surface area (Å²) in [7, 11) is 0. The van der Waals surface area contributed by atoms with Gasteiger partial charge >= 0.3 is 24.4 Å². The molecule has 0 aromatic heterocycles. The first-order valence-electron chi connectivity index (χ1n) is 13.3. The number of rotatable bonds is 10. The van der Waals surface area contributed by atoms with E-state index in [-0.39, 0.29) is 48.6 Å². The zero-order valence-electron chi connectivity index (χ0n) is 25.8. The van der Waals surface area contributed by atoms with Gasteiger partial charge in [-0.15, -0.1) is 0 Å². The van der Waals surface area contributed by atoms with E-state index in [1.165, 1.54) is 19.1 Å². The quantitative estimate of drug-likeness (QED) is 0.208. The molecule has 0 aliphatic heterocycles. The molecule has 12 heteroatoms. The molecule has 1 rings (SSSR count). The summed E-state index contributed by atoms with van der Waals surface area (Å²) >= 11 is 0. The lowest BCUT2D eigenvalue weighted by Gasteiger charge is -2.21. The van der Waals surface area contributed by atoms with Crippen LogP contribution >= 0.6 is 0 Å². The summed E-state index contributed by atoms with van der Waals surface area (Å²) in [5.41, 5.74) is 5.19. The minimum Gasteiger partial charge on any atom is -0.458 e. The molecule has 2 atom stereocenters. The van der Waals surface area contributed by atoms with Gasteiger partial charge in [0.05, 0.1) is 13.2 Å². The van der Waals surface area contributed by atoms with Gasteiger partial charge in [-0.1, -0.05) is 47.6 Å². The maximum absolute atomic E-state index is 12.5. The summed E-state index contributed by atoms with van der Waals surface area (Å²) in [6.07, 6.45) is -3.67. The van der Waals surface area contributed by atoms with Crippen molar-refractivity contribution in [2.75, 3.05) is 19.8 Å². The molecule has 41 heavy (non-hydrogen) atoms. The molecule has 2 N–H and O–H groups in total. The molecule has 1 aromatic rings. The second kappa shape index (κ2) is 14.9. The molecule has 0 heterocycles. The molecule has 0 bridgehead atoms. The van der Waals surface area contributed by atoms with Crippen LogP contribution in [0.2, 0.25) is 0 Å². The van der Waals surface area contributed by atoms with E-state index in [4.69, 9.17) is 38.9 Å². The number of benzene rings is 1. The van der Waals surface area contributed by atoms with Crippen molar-refractivity contribution in [2.24, 2.45) is 16.6 Å². The van der Waals surface area contributed by atoms with E-state index in [0.717, 1.165) is 0 Å². The molecule has 12 nitrogen and oxygen atoms in total. The third-order valence-corrected chi connectivity index (χ3v) is 4.54. The highest BCUT2D eigenvalue weighted by atomic mass is 16.8. The van der Waals surface area contributed by atoms with E-state index in [9.17, 15) is 19.2 Å². The van der Waals surface area contributed by atoms with Crippen molar-refractivity contribution < 1.29 is 52.3 Å². The van der Waals surface area contributed by atoms with E-state index in [1.807, 2.05) is 41.5 Å². The highest BCUT2D eigenvalue weighted by Gasteiger charge is 2.24. The summed E-state index contributed by atoms with van der Waals surface area (Å²) in [4.78, 5) is 48.8. The summed E-state index contributed by atoms with van der Waals surface area (Å²) in [6, 6.07) is 3.22. The molecule has 0 aliphatic rings. The molecule has 232 valence electrons. The van der Waals surface area contributed by atoms with Gasteiger partial charge in [-0.05, 0) is 62.6 Å². The van der Waals surface area contributed by atoms with Crippen molar-refractivity contribution in [3.8, 4) is 11.5 Å². The van der Waals surface area contributed by atoms with Crippen LogP contribution in [0.15, 0.2) is 18.2 Å².